The quantitative estimate of drug-likeness (QED) is 0.617. The Morgan fingerprint density at radius 3 is 2.40 bits per heavy atom. The summed E-state index contributed by atoms with van der Waals surface area (Å²) in [5.74, 6) is 1.48. The predicted molar refractivity (Wildman–Crippen MR) is 111 cm³/mol. The first-order valence-corrected chi connectivity index (χ1v) is 9.87. The minimum absolute atomic E-state index is 0.357. The van der Waals surface area contributed by atoms with Crippen molar-refractivity contribution in [1.82, 2.24) is 24.8 Å². The van der Waals surface area contributed by atoms with Gasteiger partial charge in [0.15, 0.2) is 0 Å². The Kier molecular flexibility index (Phi) is 6.36. The van der Waals surface area contributed by atoms with Crippen LogP contribution in [0, 0.1) is 0 Å². The van der Waals surface area contributed by atoms with E-state index < -0.39 is 0 Å². The first-order valence-electron chi connectivity index (χ1n) is 9.49. The summed E-state index contributed by atoms with van der Waals surface area (Å²) < 4.78 is 11.1. The van der Waals surface area contributed by atoms with Crippen LogP contribution in [-0.2, 0) is 6.54 Å². The molecule has 0 aliphatic carbocycles. The van der Waals surface area contributed by atoms with Crippen molar-refractivity contribution in [3.8, 4) is 17.4 Å². The van der Waals surface area contributed by atoms with Crippen LogP contribution in [0.4, 0.5) is 4.79 Å². The smallest absolute Gasteiger partial charge is 0.415 e. The molecule has 0 saturated carbocycles. The van der Waals surface area contributed by atoms with E-state index in [2.05, 4.69) is 19.9 Å². The van der Waals surface area contributed by atoms with Crippen LogP contribution in [0.3, 0.4) is 0 Å². The number of rotatable bonds is 5. The second kappa shape index (κ2) is 9.51. The summed E-state index contributed by atoms with van der Waals surface area (Å²) >= 11 is 5.81. The van der Waals surface area contributed by atoms with E-state index >= 15 is 0 Å². The maximum atomic E-state index is 12.5. The highest BCUT2D eigenvalue weighted by atomic mass is 35.5. The van der Waals surface area contributed by atoms with E-state index in [-0.39, 0.29) is 6.09 Å². The van der Waals surface area contributed by atoms with E-state index in [1.54, 1.807) is 53.8 Å². The van der Waals surface area contributed by atoms with Crippen LogP contribution in [0.25, 0.3) is 0 Å². The van der Waals surface area contributed by atoms with Crippen molar-refractivity contribution < 1.29 is 14.3 Å². The van der Waals surface area contributed by atoms with Crippen LogP contribution in [0.5, 0.6) is 17.4 Å². The molecular formula is C21H20ClN5O3. The molecule has 1 aliphatic heterocycles. The Hall–Kier alpha value is -3.23. The van der Waals surface area contributed by atoms with E-state index in [9.17, 15) is 4.79 Å². The fourth-order valence-corrected chi connectivity index (χ4v) is 3.13. The highest BCUT2D eigenvalue weighted by Crippen LogP contribution is 2.23. The molecule has 8 nitrogen and oxygen atoms in total. The summed E-state index contributed by atoms with van der Waals surface area (Å²) in [6, 6.07) is 12.1. The van der Waals surface area contributed by atoms with E-state index in [4.69, 9.17) is 21.1 Å². The number of hydrogen-bond donors (Lipinski definition) is 0. The minimum atomic E-state index is -0.357. The van der Waals surface area contributed by atoms with Crippen molar-refractivity contribution >= 4 is 17.7 Å². The van der Waals surface area contributed by atoms with Crippen molar-refractivity contribution in [3.63, 3.8) is 0 Å². The summed E-state index contributed by atoms with van der Waals surface area (Å²) in [6.07, 6.45) is 4.44. The Labute approximate surface area is 179 Å². The lowest BCUT2D eigenvalue weighted by molar-refractivity contribution is 0.107. The number of hydrogen-bond acceptors (Lipinski definition) is 7. The Bertz CT molecular complexity index is 962. The molecule has 3 heterocycles. The van der Waals surface area contributed by atoms with E-state index in [1.165, 1.54) is 6.20 Å². The summed E-state index contributed by atoms with van der Waals surface area (Å²) in [6.45, 7) is 3.48. The number of carbonyl (C=O) groups is 1. The van der Waals surface area contributed by atoms with Crippen LogP contribution in [-0.4, -0.2) is 57.0 Å². The standard InChI is InChI=1S/C21H20ClN5O3/c22-16-1-6-20(24-13-16)29-18-2-4-19(5-3-18)30-21(28)27-11-9-26(10-12-27)14-17-7-8-23-15-25-17/h1-8,13,15H,9-12,14H2. The van der Waals surface area contributed by atoms with Crippen LogP contribution >= 0.6 is 11.6 Å². The van der Waals surface area contributed by atoms with Crippen LogP contribution in [0.1, 0.15) is 5.69 Å². The molecule has 0 radical (unpaired) electrons. The van der Waals surface area contributed by atoms with Gasteiger partial charge in [-0.25, -0.2) is 19.7 Å². The van der Waals surface area contributed by atoms with Gasteiger partial charge in [0, 0.05) is 51.2 Å². The van der Waals surface area contributed by atoms with E-state index in [0.29, 0.717) is 35.5 Å². The van der Waals surface area contributed by atoms with Crippen LogP contribution in [0.2, 0.25) is 5.02 Å². The maximum absolute atomic E-state index is 12.5. The highest BCUT2D eigenvalue weighted by Gasteiger charge is 2.22. The molecule has 0 spiro atoms. The normalized spacial score (nSPS) is 14.4. The monoisotopic (exact) mass is 425 g/mol. The van der Waals surface area contributed by atoms with Crippen molar-refractivity contribution in [2.45, 2.75) is 6.54 Å². The SMILES string of the molecule is O=C(Oc1ccc(Oc2ccc(Cl)cn2)cc1)N1CCN(Cc2ccncn2)CC1. The third-order valence-corrected chi connectivity index (χ3v) is 4.83. The number of aromatic nitrogens is 3. The average molecular weight is 426 g/mol. The van der Waals surface area contributed by atoms with Gasteiger partial charge < -0.3 is 14.4 Å². The molecule has 0 N–H and O–H groups in total. The van der Waals surface area contributed by atoms with Gasteiger partial charge in [-0.3, -0.25) is 4.90 Å². The zero-order valence-corrected chi connectivity index (χ0v) is 16.9. The Balaban J connectivity index is 1.25. The fraction of sp³-hybridized carbons (Fsp3) is 0.238. The lowest BCUT2D eigenvalue weighted by atomic mass is 10.3. The number of pyridine rings is 1. The maximum Gasteiger partial charge on any atom is 0.415 e. The zero-order chi connectivity index (χ0) is 20.8. The van der Waals surface area contributed by atoms with Crippen molar-refractivity contribution in [2.75, 3.05) is 26.2 Å². The topological polar surface area (TPSA) is 80.7 Å². The molecule has 9 heteroatoms. The number of carbonyl (C=O) groups excluding carboxylic acids is 1. The Morgan fingerprint density at radius 1 is 0.967 bits per heavy atom. The largest absolute Gasteiger partial charge is 0.439 e. The molecule has 0 bridgehead atoms. The van der Waals surface area contributed by atoms with Crippen molar-refractivity contribution in [2.24, 2.45) is 0 Å². The number of benzene rings is 1. The van der Waals surface area contributed by atoms with Gasteiger partial charge >= 0.3 is 6.09 Å². The van der Waals surface area contributed by atoms with Crippen molar-refractivity contribution in [1.29, 1.82) is 0 Å². The molecule has 154 valence electrons. The highest BCUT2D eigenvalue weighted by molar-refractivity contribution is 6.30. The van der Waals surface area contributed by atoms with Gasteiger partial charge in [0.1, 0.15) is 17.8 Å². The van der Waals surface area contributed by atoms with Gasteiger partial charge in [0.05, 0.1) is 10.7 Å². The number of ether oxygens (including phenoxy) is 2. The van der Waals surface area contributed by atoms with Gasteiger partial charge in [0.25, 0.3) is 0 Å². The van der Waals surface area contributed by atoms with E-state index in [0.717, 1.165) is 25.3 Å². The summed E-state index contributed by atoms with van der Waals surface area (Å²) in [5, 5.41) is 0.541. The summed E-state index contributed by atoms with van der Waals surface area (Å²) in [7, 11) is 0. The van der Waals surface area contributed by atoms with Gasteiger partial charge in [-0.2, -0.15) is 0 Å². The third-order valence-electron chi connectivity index (χ3n) is 4.61. The lowest BCUT2D eigenvalue weighted by Gasteiger charge is -2.33. The number of halogens is 1. The molecular weight excluding hydrogens is 406 g/mol. The zero-order valence-electron chi connectivity index (χ0n) is 16.1. The third kappa shape index (κ3) is 5.43. The molecule has 30 heavy (non-hydrogen) atoms. The molecule has 1 saturated heterocycles. The molecule has 0 unspecified atom stereocenters. The molecule has 1 aromatic carbocycles. The minimum Gasteiger partial charge on any atom is -0.439 e. The molecule has 0 atom stereocenters. The van der Waals surface area contributed by atoms with Gasteiger partial charge in [-0.1, -0.05) is 11.6 Å². The van der Waals surface area contributed by atoms with Gasteiger partial charge in [0.2, 0.25) is 5.88 Å². The van der Waals surface area contributed by atoms with Gasteiger partial charge in [-0.15, -0.1) is 0 Å². The van der Waals surface area contributed by atoms with Crippen LogP contribution in [0.15, 0.2) is 61.2 Å². The Morgan fingerprint density at radius 2 is 1.73 bits per heavy atom. The molecule has 1 fully saturated rings. The average Bonchev–Trinajstić information content (AvgIpc) is 2.78. The van der Waals surface area contributed by atoms with Gasteiger partial charge in [-0.05, 0) is 36.4 Å². The first kappa shape index (κ1) is 20.1. The summed E-state index contributed by atoms with van der Waals surface area (Å²) in [4.78, 5) is 28.7. The number of piperazine rings is 1. The molecule has 1 amide bonds. The molecule has 2 aromatic heterocycles. The predicted octanol–water partition coefficient (Wildman–Crippen LogP) is 3.63. The van der Waals surface area contributed by atoms with Crippen molar-refractivity contribution in [3.05, 3.63) is 71.9 Å². The lowest BCUT2D eigenvalue weighted by Crippen LogP contribution is -2.49. The fourth-order valence-electron chi connectivity index (χ4n) is 3.01. The second-order valence-electron chi connectivity index (χ2n) is 6.72. The summed E-state index contributed by atoms with van der Waals surface area (Å²) in [5.41, 5.74) is 0.970. The molecule has 4 rings (SSSR count). The molecule has 1 aliphatic rings. The first-order chi connectivity index (χ1) is 14.7. The van der Waals surface area contributed by atoms with E-state index in [1.807, 2.05) is 6.07 Å². The molecule has 3 aromatic rings. The number of nitrogens with zero attached hydrogens (tertiary/aromatic N) is 5. The van der Waals surface area contributed by atoms with Crippen LogP contribution < -0.4 is 9.47 Å². The second-order valence-corrected chi connectivity index (χ2v) is 7.16. The number of amides is 1.